The van der Waals surface area contributed by atoms with Gasteiger partial charge in [0.2, 0.25) is 0 Å². The number of morpholine rings is 1. The van der Waals surface area contributed by atoms with Crippen molar-refractivity contribution in [3.63, 3.8) is 0 Å². The van der Waals surface area contributed by atoms with Crippen LogP contribution in [-0.4, -0.2) is 42.3 Å². The molecule has 1 aliphatic carbocycles. The highest BCUT2D eigenvalue weighted by Crippen LogP contribution is 2.27. The first-order valence-corrected chi connectivity index (χ1v) is 7.92. The van der Waals surface area contributed by atoms with Crippen LogP contribution in [0.25, 0.3) is 11.4 Å². The fraction of sp³-hybridized carbons (Fsp3) is 0.412. The summed E-state index contributed by atoms with van der Waals surface area (Å²) in [5.41, 5.74) is 1.05. The smallest absolute Gasteiger partial charge is 0.163 e. The molecular formula is C17H20N4O. The molecule has 0 amide bonds. The van der Waals surface area contributed by atoms with Gasteiger partial charge in [-0.3, -0.25) is 0 Å². The first kappa shape index (κ1) is 13.5. The van der Waals surface area contributed by atoms with Crippen molar-refractivity contribution in [1.82, 2.24) is 9.97 Å². The molecule has 2 fully saturated rings. The molecule has 1 aromatic heterocycles. The maximum absolute atomic E-state index is 5.44. The van der Waals surface area contributed by atoms with E-state index in [0.717, 1.165) is 49.3 Å². The third-order valence-electron chi connectivity index (χ3n) is 4.01. The Hall–Kier alpha value is -2.14. The third-order valence-corrected chi connectivity index (χ3v) is 4.01. The second-order valence-corrected chi connectivity index (χ2v) is 5.82. The molecule has 0 bridgehead atoms. The Labute approximate surface area is 130 Å². The number of ether oxygens (including phenoxy) is 1. The molecule has 1 N–H and O–H groups in total. The first-order valence-electron chi connectivity index (χ1n) is 7.92. The summed E-state index contributed by atoms with van der Waals surface area (Å²) in [5, 5.41) is 3.50. The summed E-state index contributed by atoms with van der Waals surface area (Å²) < 4.78 is 5.44. The van der Waals surface area contributed by atoms with Gasteiger partial charge in [0.25, 0.3) is 0 Å². The molecule has 1 saturated heterocycles. The van der Waals surface area contributed by atoms with E-state index in [4.69, 9.17) is 14.7 Å². The molecule has 0 unspecified atom stereocenters. The van der Waals surface area contributed by atoms with Gasteiger partial charge in [-0.1, -0.05) is 30.3 Å². The molecule has 1 saturated carbocycles. The van der Waals surface area contributed by atoms with Crippen LogP contribution >= 0.6 is 0 Å². The van der Waals surface area contributed by atoms with Gasteiger partial charge in [0.05, 0.1) is 13.2 Å². The molecule has 5 nitrogen and oxygen atoms in total. The fourth-order valence-corrected chi connectivity index (χ4v) is 2.62. The van der Waals surface area contributed by atoms with E-state index in [-0.39, 0.29) is 0 Å². The molecule has 2 aromatic rings. The number of benzene rings is 1. The molecule has 0 radical (unpaired) electrons. The van der Waals surface area contributed by atoms with Crippen LogP contribution < -0.4 is 10.2 Å². The summed E-state index contributed by atoms with van der Waals surface area (Å²) in [4.78, 5) is 11.7. The van der Waals surface area contributed by atoms with E-state index < -0.39 is 0 Å². The van der Waals surface area contributed by atoms with Gasteiger partial charge in [0.15, 0.2) is 5.82 Å². The van der Waals surface area contributed by atoms with E-state index >= 15 is 0 Å². The lowest BCUT2D eigenvalue weighted by molar-refractivity contribution is 0.122. The second kappa shape index (κ2) is 5.93. The van der Waals surface area contributed by atoms with Gasteiger partial charge in [-0.2, -0.15) is 0 Å². The van der Waals surface area contributed by atoms with Crippen LogP contribution in [-0.2, 0) is 4.74 Å². The monoisotopic (exact) mass is 296 g/mol. The highest BCUT2D eigenvalue weighted by molar-refractivity contribution is 5.62. The van der Waals surface area contributed by atoms with Gasteiger partial charge in [-0.05, 0) is 12.8 Å². The van der Waals surface area contributed by atoms with E-state index in [9.17, 15) is 0 Å². The zero-order valence-electron chi connectivity index (χ0n) is 12.5. The molecule has 2 heterocycles. The number of anilines is 2. The van der Waals surface area contributed by atoms with E-state index in [1.165, 1.54) is 12.8 Å². The number of hydrogen-bond acceptors (Lipinski definition) is 5. The number of nitrogens with one attached hydrogen (secondary N) is 1. The summed E-state index contributed by atoms with van der Waals surface area (Å²) >= 11 is 0. The van der Waals surface area contributed by atoms with Crippen molar-refractivity contribution in [2.75, 3.05) is 36.5 Å². The zero-order valence-corrected chi connectivity index (χ0v) is 12.5. The Morgan fingerprint density at radius 2 is 1.82 bits per heavy atom. The number of nitrogens with zero attached hydrogens (tertiary/aromatic N) is 3. The molecule has 22 heavy (non-hydrogen) atoms. The standard InChI is InChI=1S/C17H20N4O/c1-2-4-13(5-3-1)17-19-15(18-14-6-7-14)12-16(20-17)21-8-10-22-11-9-21/h1-5,12,14H,6-11H2,(H,18,19,20). The van der Waals surface area contributed by atoms with E-state index in [2.05, 4.69) is 28.4 Å². The van der Waals surface area contributed by atoms with Crippen molar-refractivity contribution in [1.29, 1.82) is 0 Å². The Bertz CT molecular complexity index is 636. The van der Waals surface area contributed by atoms with Crippen molar-refractivity contribution in [3.8, 4) is 11.4 Å². The van der Waals surface area contributed by atoms with Gasteiger partial charge in [-0.15, -0.1) is 0 Å². The lowest BCUT2D eigenvalue weighted by Gasteiger charge is -2.28. The van der Waals surface area contributed by atoms with Crippen LogP contribution in [0.4, 0.5) is 11.6 Å². The van der Waals surface area contributed by atoms with Crippen LogP contribution in [0.2, 0.25) is 0 Å². The van der Waals surface area contributed by atoms with Crippen molar-refractivity contribution in [3.05, 3.63) is 36.4 Å². The van der Waals surface area contributed by atoms with E-state index in [1.54, 1.807) is 0 Å². The maximum atomic E-state index is 5.44. The van der Waals surface area contributed by atoms with Crippen molar-refractivity contribution in [2.45, 2.75) is 18.9 Å². The highest BCUT2D eigenvalue weighted by atomic mass is 16.5. The number of hydrogen-bond donors (Lipinski definition) is 1. The summed E-state index contributed by atoms with van der Waals surface area (Å²) in [6.45, 7) is 3.29. The quantitative estimate of drug-likeness (QED) is 0.939. The van der Waals surface area contributed by atoms with Crippen molar-refractivity contribution >= 4 is 11.6 Å². The molecule has 0 spiro atoms. The third kappa shape index (κ3) is 3.04. The SMILES string of the molecule is c1ccc(-c2nc(NC3CC3)cc(N3CCOCC3)n2)cc1. The lowest BCUT2D eigenvalue weighted by atomic mass is 10.2. The van der Waals surface area contributed by atoms with Crippen molar-refractivity contribution < 1.29 is 4.74 Å². The van der Waals surface area contributed by atoms with Crippen LogP contribution in [0.3, 0.4) is 0 Å². The maximum Gasteiger partial charge on any atom is 0.163 e. The lowest BCUT2D eigenvalue weighted by Crippen LogP contribution is -2.36. The average Bonchev–Trinajstić information content (AvgIpc) is 3.40. The van der Waals surface area contributed by atoms with Crippen molar-refractivity contribution in [2.24, 2.45) is 0 Å². The highest BCUT2D eigenvalue weighted by Gasteiger charge is 2.23. The largest absolute Gasteiger partial charge is 0.378 e. The number of rotatable bonds is 4. The first-order chi connectivity index (χ1) is 10.9. The van der Waals surface area contributed by atoms with Gasteiger partial charge >= 0.3 is 0 Å². The Morgan fingerprint density at radius 1 is 1.05 bits per heavy atom. The second-order valence-electron chi connectivity index (χ2n) is 5.82. The molecule has 0 atom stereocenters. The topological polar surface area (TPSA) is 50.3 Å². The van der Waals surface area contributed by atoms with Crippen LogP contribution in [0, 0.1) is 0 Å². The predicted octanol–water partition coefficient (Wildman–Crippen LogP) is 2.55. The normalized spacial score (nSPS) is 18.3. The zero-order chi connectivity index (χ0) is 14.8. The minimum Gasteiger partial charge on any atom is -0.378 e. The minimum atomic E-state index is 0.580. The average molecular weight is 296 g/mol. The Kier molecular flexibility index (Phi) is 3.64. The summed E-state index contributed by atoms with van der Waals surface area (Å²) in [5.74, 6) is 2.70. The molecule has 5 heteroatoms. The summed E-state index contributed by atoms with van der Waals surface area (Å²) in [6, 6.07) is 12.8. The fourth-order valence-electron chi connectivity index (χ4n) is 2.62. The van der Waals surface area contributed by atoms with E-state index in [0.29, 0.717) is 6.04 Å². The Morgan fingerprint density at radius 3 is 2.55 bits per heavy atom. The summed E-state index contributed by atoms with van der Waals surface area (Å²) in [7, 11) is 0. The molecular weight excluding hydrogens is 276 g/mol. The predicted molar refractivity (Wildman–Crippen MR) is 87.1 cm³/mol. The number of aromatic nitrogens is 2. The Balaban J connectivity index is 1.69. The van der Waals surface area contributed by atoms with Gasteiger partial charge < -0.3 is 15.0 Å². The molecule has 2 aliphatic rings. The molecule has 1 aliphatic heterocycles. The van der Waals surface area contributed by atoms with Crippen LogP contribution in [0.15, 0.2) is 36.4 Å². The van der Waals surface area contributed by atoms with Crippen LogP contribution in [0.1, 0.15) is 12.8 Å². The van der Waals surface area contributed by atoms with Crippen LogP contribution in [0.5, 0.6) is 0 Å². The van der Waals surface area contributed by atoms with Gasteiger partial charge in [0, 0.05) is 30.8 Å². The van der Waals surface area contributed by atoms with Gasteiger partial charge in [-0.25, -0.2) is 9.97 Å². The minimum absolute atomic E-state index is 0.580. The summed E-state index contributed by atoms with van der Waals surface area (Å²) in [6.07, 6.45) is 2.47. The van der Waals surface area contributed by atoms with E-state index in [1.807, 2.05) is 18.2 Å². The van der Waals surface area contributed by atoms with Gasteiger partial charge in [0.1, 0.15) is 11.6 Å². The molecule has 4 rings (SSSR count). The molecule has 1 aromatic carbocycles. The molecule has 114 valence electrons.